The number of benzene rings is 1. The van der Waals surface area contributed by atoms with E-state index in [1.807, 2.05) is 6.07 Å². The largest absolute Gasteiger partial charge is 0.482 e. The Balaban J connectivity index is 1.85. The fourth-order valence-electron chi connectivity index (χ4n) is 2.01. The van der Waals surface area contributed by atoms with E-state index < -0.39 is 0 Å². The van der Waals surface area contributed by atoms with Crippen molar-refractivity contribution < 1.29 is 23.7 Å². The van der Waals surface area contributed by atoms with Gasteiger partial charge in [-0.1, -0.05) is 6.07 Å². The summed E-state index contributed by atoms with van der Waals surface area (Å²) in [5, 5.41) is 2.67. The zero-order chi connectivity index (χ0) is 15.8. The molecule has 0 bridgehead atoms. The molecule has 0 aliphatic carbocycles. The number of hydrogen-bond acceptors (Lipinski definition) is 6. The van der Waals surface area contributed by atoms with Crippen molar-refractivity contribution in [1.82, 2.24) is 5.32 Å². The molecular formula is C15H22N2O5. The van der Waals surface area contributed by atoms with E-state index in [4.69, 9.17) is 24.7 Å². The van der Waals surface area contributed by atoms with E-state index >= 15 is 0 Å². The lowest BCUT2D eigenvalue weighted by Gasteiger charge is -2.24. The summed E-state index contributed by atoms with van der Waals surface area (Å²) >= 11 is 0. The van der Waals surface area contributed by atoms with Crippen molar-refractivity contribution >= 4 is 11.6 Å². The lowest BCUT2D eigenvalue weighted by atomic mass is 10.1. The van der Waals surface area contributed by atoms with Crippen LogP contribution in [-0.4, -0.2) is 46.0 Å². The number of nitrogen functional groups attached to an aromatic ring is 1. The van der Waals surface area contributed by atoms with Crippen LogP contribution in [0.15, 0.2) is 18.2 Å². The van der Waals surface area contributed by atoms with E-state index in [-0.39, 0.29) is 18.8 Å². The summed E-state index contributed by atoms with van der Waals surface area (Å²) in [4.78, 5) is 11.5. The van der Waals surface area contributed by atoms with Crippen LogP contribution in [0.4, 0.5) is 5.69 Å². The Kier molecular flexibility index (Phi) is 6.45. The van der Waals surface area contributed by atoms with Crippen molar-refractivity contribution in [2.45, 2.75) is 12.7 Å². The lowest BCUT2D eigenvalue weighted by molar-refractivity contribution is -0.183. The summed E-state index contributed by atoms with van der Waals surface area (Å²) in [5.74, 6) is 0.237. The first-order valence-electron chi connectivity index (χ1n) is 7.22. The molecule has 122 valence electrons. The van der Waals surface area contributed by atoms with Crippen molar-refractivity contribution in [1.29, 1.82) is 0 Å². The van der Waals surface area contributed by atoms with Gasteiger partial charge < -0.3 is 30.0 Å². The second kappa shape index (κ2) is 8.57. The number of hydrogen-bond donors (Lipinski definition) is 2. The second-order valence-corrected chi connectivity index (χ2v) is 4.86. The van der Waals surface area contributed by atoms with Gasteiger partial charge >= 0.3 is 0 Å². The van der Waals surface area contributed by atoms with Crippen LogP contribution in [0.1, 0.15) is 18.3 Å². The van der Waals surface area contributed by atoms with Gasteiger partial charge in [0.2, 0.25) is 0 Å². The number of methoxy groups -OCH3 is 1. The number of amides is 1. The van der Waals surface area contributed by atoms with Crippen LogP contribution in [0.2, 0.25) is 0 Å². The van der Waals surface area contributed by atoms with Crippen molar-refractivity contribution in [2.75, 3.05) is 45.8 Å². The van der Waals surface area contributed by atoms with Crippen molar-refractivity contribution in [3.8, 4) is 5.75 Å². The first-order chi connectivity index (χ1) is 10.7. The van der Waals surface area contributed by atoms with Gasteiger partial charge in [-0.25, -0.2) is 0 Å². The molecule has 0 aromatic heterocycles. The fourth-order valence-corrected chi connectivity index (χ4v) is 2.01. The van der Waals surface area contributed by atoms with E-state index in [9.17, 15) is 4.79 Å². The number of nitrogens with one attached hydrogen (secondary N) is 1. The predicted molar refractivity (Wildman–Crippen MR) is 80.5 cm³/mol. The zero-order valence-corrected chi connectivity index (χ0v) is 12.7. The summed E-state index contributed by atoms with van der Waals surface area (Å²) < 4.78 is 21.3. The summed E-state index contributed by atoms with van der Waals surface area (Å²) in [6.45, 7) is 2.16. The highest BCUT2D eigenvalue weighted by molar-refractivity contribution is 5.77. The molecule has 7 nitrogen and oxygen atoms in total. The molecule has 1 amide bonds. The Labute approximate surface area is 129 Å². The quantitative estimate of drug-likeness (QED) is 0.573. The predicted octanol–water partition coefficient (Wildman–Crippen LogP) is 0.846. The lowest BCUT2D eigenvalue weighted by Crippen LogP contribution is -2.31. The number of rotatable bonds is 7. The van der Waals surface area contributed by atoms with Crippen LogP contribution in [0.3, 0.4) is 0 Å². The highest BCUT2D eigenvalue weighted by Gasteiger charge is 2.17. The molecular weight excluding hydrogens is 288 g/mol. The Bertz CT molecular complexity index is 489. The van der Waals surface area contributed by atoms with Crippen LogP contribution in [0.25, 0.3) is 0 Å². The third kappa shape index (κ3) is 4.87. The van der Waals surface area contributed by atoms with Gasteiger partial charge in [0.1, 0.15) is 5.75 Å². The van der Waals surface area contributed by atoms with E-state index in [0.29, 0.717) is 37.8 Å². The van der Waals surface area contributed by atoms with E-state index in [2.05, 4.69) is 5.32 Å². The van der Waals surface area contributed by atoms with Crippen LogP contribution < -0.4 is 15.8 Å². The van der Waals surface area contributed by atoms with Crippen molar-refractivity contribution in [3.63, 3.8) is 0 Å². The van der Waals surface area contributed by atoms with Crippen molar-refractivity contribution in [2.24, 2.45) is 0 Å². The first-order valence-corrected chi connectivity index (χ1v) is 7.22. The molecule has 3 N–H and O–H groups in total. The summed E-state index contributed by atoms with van der Waals surface area (Å²) in [5.41, 5.74) is 7.23. The third-order valence-electron chi connectivity index (χ3n) is 3.12. The summed E-state index contributed by atoms with van der Waals surface area (Å²) in [6, 6.07) is 5.28. The minimum Gasteiger partial charge on any atom is -0.482 e. The molecule has 0 atom stereocenters. The number of carbonyl (C=O) groups is 1. The molecule has 1 aromatic rings. The van der Waals surface area contributed by atoms with Gasteiger partial charge in [-0.3, -0.25) is 4.79 Å². The van der Waals surface area contributed by atoms with Gasteiger partial charge in [-0.15, -0.1) is 0 Å². The standard InChI is InChI=1S/C15H22N2O5/c1-19-8-5-17-14(18)10-22-13-4-3-11(9-12(13)16)15-20-6-2-7-21-15/h3-4,9,15H,2,5-8,10,16H2,1H3,(H,17,18). The second-order valence-electron chi connectivity index (χ2n) is 4.86. The van der Waals surface area contributed by atoms with Gasteiger partial charge in [-0.2, -0.15) is 0 Å². The molecule has 0 saturated carbocycles. The molecule has 0 radical (unpaired) electrons. The molecule has 7 heteroatoms. The molecule has 1 aromatic carbocycles. The molecule has 1 saturated heterocycles. The summed E-state index contributed by atoms with van der Waals surface area (Å²) in [7, 11) is 1.57. The SMILES string of the molecule is COCCNC(=O)COc1ccc(C2OCCCO2)cc1N. The minimum atomic E-state index is -0.387. The Morgan fingerprint density at radius 2 is 2.18 bits per heavy atom. The molecule has 1 heterocycles. The highest BCUT2D eigenvalue weighted by Crippen LogP contribution is 2.29. The topological polar surface area (TPSA) is 92.0 Å². The smallest absolute Gasteiger partial charge is 0.258 e. The molecule has 1 fully saturated rings. The van der Waals surface area contributed by atoms with Gasteiger partial charge in [0.05, 0.1) is 25.5 Å². The number of ether oxygens (including phenoxy) is 4. The van der Waals surface area contributed by atoms with Crippen LogP contribution >= 0.6 is 0 Å². The maximum Gasteiger partial charge on any atom is 0.258 e. The minimum absolute atomic E-state index is 0.0936. The normalized spacial score (nSPS) is 15.5. The summed E-state index contributed by atoms with van der Waals surface area (Å²) in [6.07, 6.45) is 0.508. The molecule has 2 rings (SSSR count). The van der Waals surface area contributed by atoms with Crippen molar-refractivity contribution in [3.05, 3.63) is 23.8 Å². The Morgan fingerprint density at radius 3 is 2.86 bits per heavy atom. The monoisotopic (exact) mass is 310 g/mol. The fraction of sp³-hybridized carbons (Fsp3) is 0.533. The molecule has 0 spiro atoms. The van der Waals surface area contributed by atoms with Crippen LogP contribution in [0, 0.1) is 0 Å². The van der Waals surface area contributed by atoms with Gasteiger partial charge in [0, 0.05) is 19.2 Å². The third-order valence-corrected chi connectivity index (χ3v) is 3.12. The average molecular weight is 310 g/mol. The number of anilines is 1. The van der Waals surface area contributed by atoms with Gasteiger partial charge in [-0.05, 0) is 18.6 Å². The first kappa shape index (κ1) is 16.5. The Hall–Kier alpha value is -1.83. The Morgan fingerprint density at radius 1 is 1.41 bits per heavy atom. The van der Waals surface area contributed by atoms with Gasteiger partial charge in [0.15, 0.2) is 12.9 Å². The zero-order valence-electron chi connectivity index (χ0n) is 12.7. The van der Waals surface area contributed by atoms with Crippen LogP contribution in [-0.2, 0) is 19.0 Å². The maximum absolute atomic E-state index is 11.5. The van der Waals surface area contributed by atoms with E-state index in [0.717, 1.165) is 12.0 Å². The molecule has 1 aliphatic rings. The molecule has 1 aliphatic heterocycles. The van der Waals surface area contributed by atoms with E-state index in [1.165, 1.54) is 0 Å². The van der Waals surface area contributed by atoms with Gasteiger partial charge in [0.25, 0.3) is 5.91 Å². The molecule has 0 unspecified atom stereocenters. The van der Waals surface area contributed by atoms with Crippen LogP contribution in [0.5, 0.6) is 5.75 Å². The highest BCUT2D eigenvalue weighted by atomic mass is 16.7. The molecule has 22 heavy (non-hydrogen) atoms. The van der Waals surface area contributed by atoms with E-state index in [1.54, 1.807) is 19.2 Å². The maximum atomic E-state index is 11.5. The number of carbonyl (C=O) groups excluding carboxylic acids is 1. The number of nitrogens with two attached hydrogens (primary N) is 1. The average Bonchev–Trinajstić information content (AvgIpc) is 2.55.